The molecular weight excluding hydrogens is 223 g/mol. The van der Waals surface area contributed by atoms with Gasteiger partial charge in [-0.2, -0.15) is 5.26 Å². The maximum atomic E-state index is 13.5. The van der Waals surface area contributed by atoms with Gasteiger partial charge in [0.15, 0.2) is 0 Å². The van der Waals surface area contributed by atoms with Crippen LogP contribution in [0.2, 0.25) is 0 Å². The van der Waals surface area contributed by atoms with Crippen molar-refractivity contribution >= 4 is 5.69 Å². The van der Waals surface area contributed by atoms with Gasteiger partial charge in [0.2, 0.25) is 0 Å². The fourth-order valence-electron chi connectivity index (χ4n) is 1.20. The molecule has 0 bridgehead atoms. The lowest BCUT2D eigenvalue weighted by Gasteiger charge is -2.25. The van der Waals surface area contributed by atoms with Crippen LogP contribution in [0.3, 0.4) is 0 Å². The molecule has 0 amide bonds. The van der Waals surface area contributed by atoms with Crippen molar-refractivity contribution < 1.29 is 14.6 Å². The molecular formula is C12H15FN2O2. The first kappa shape index (κ1) is 13.4. The van der Waals surface area contributed by atoms with Crippen molar-refractivity contribution in [2.45, 2.75) is 6.92 Å². The highest BCUT2D eigenvalue weighted by Crippen LogP contribution is 2.19. The first-order chi connectivity index (χ1) is 8.04. The van der Waals surface area contributed by atoms with Gasteiger partial charge in [-0.25, -0.2) is 4.39 Å². The number of nitrogens with zero attached hydrogens (tertiary/aromatic N) is 1. The van der Waals surface area contributed by atoms with E-state index in [4.69, 9.17) is 15.5 Å². The zero-order chi connectivity index (χ0) is 12.9. The minimum absolute atomic E-state index is 0.200. The van der Waals surface area contributed by atoms with Crippen LogP contribution in [0.5, 0.6) is 0 Å². The Bertz CT molecular complexity index is 425. The Morgan fingerprint density at radius 3 is 2.53 bits per heavy atom. The van der Waals surface area contributed by atoms with Crippen LogP contribution in [-0.4, -0.2) is 30.0 Å². The second-order valence-corrected chi connectivity index (χ2v) is 4.29. The first-order valence-electron chi connectivity index (χ1n) is 5.20. The molecule has 92 valence electrons. The standard InChI is InChI=1S/C12H15FN2O2/c1-12(7-16,8-17)6-15-11-3-2-9(5-14)4-10(11)13/h2-4,15-17H,6-8H2,1H3. The molecule has 0 spiro atoms. The lowest BCUT2D eigenvalue weighted by atomic mass is 9.93. The van der Waals surface area contributed by atoms with Crippen LogP contribution in [0.15, 0.2) is 18.2 Å². The fraction of sp³-hybridized carbons (Fsp3) is 0.417. The van der Waals surface area contributed by atoms with Gasteiger partial charge in [0.1, 0.15) is 5.82 Å². The van der Waals surface area contributed by atoms with E-state index in [1.54, 1.807) is 6.92 Å². The summed E-state index contributed by atoms with van der Waals surface area (Å²) < 4.78 is 13.5. The third kappa shape index (κ3) is 3.41. The first-order valence-corrected chi connectivity index (χ1v) is 5.20. The Morgan fingerprint density at radius 2 is 2.06 bits per heavy atom. The van der Waals surface area contributed by atoms with Crippen LogP contribution >= 0.6 is 0 Å². The summed E-state index contributed by atoms with van der Waals surface area (Å²) in [7, 11) is 0. The number of aliphatic hydroxyl groups excluding tert-OH is 2. The van der Waals surface area contributed by atoms with Crippen molar-refractivity contribution in [1.29, 1.82) is 5.26 Å². The van der Waals surface area contributed by atoms with Crippen molar-refractivity contribution in [3.05, 3.63) is 29.6 Å². The van der Waals surface area contributed by atoms with E-state index in [0.29, 0.717) is 0 Å². The number of halogens is 1. The molecule has 4 nitrogen and oxygen atoms in total. The maximum Gasteiger partial charge on any atom is 0.147 e. The Kier molecular flexibility index (Phi) is 4.44. The van der Waals surface area contributed by atoms with E-state index in [9.17, 15) is 4.39 Å². The molecule has 0 aliphatic carbocycles. The smallest absolute Gasteiger partial charge is 0.147 e. The minimum atomic E-state index is -0.708. The molecule has 3 N–H and O–H groups in total. The third-order valence-electron chi connectivity index (χ3n) is 2.57. The highest BCUT2D eigenvalue weighted by atomic mass is 19.1. The van der Waals surface area contributed by atoms with Crippen LogP contribution in [0.25, 0.3) is 0 Å². The average molecular weight is 238 g/mol. The van der Waals surface area contributed by atoms with Gasteiger partial charge in [0, 0.05) is 12.0 Å². The average Bonchev–Trinajstić information content (AvgIpc) is 2.36. The number of nitrogens with one attached hydrogen (secondary N) is 1. The van der Waals surface area contributed by atoms with Crippen molar-refractivity contribution in [2.75, 3.05) is 25.1 Å². The van der Waals surface area contributed by atoms with Gasteiger partial charge < -0.3 is 15.5 Å². The molecule has 1 aromatic carbocycles. The predicted molar refractivity (Wildman–Crippen MR) is 61.9 cm³/mol. The van der Waals surface area contributed by atoms with Crippen LogP contribution in [-0.2, 0) is 0 Å². The van der Waals surface area contributed by atoms with Gasteiger partial charge in [0.25, 0.3) is 0 Å². The van der Waals surface area contributed by atoms with E-state index < -0.39 is 11.2 Å². The highest BCUT2D eigenvalue weighted by molar-refractivity contribution is 5.48. The van der Waals surface area contributed by atoms with Crippen LogP contribution < -0.4 is 5.32 Å². The summed E-state index contributed by atoms with van der Waals surface area (Å²) >= 11 is 0. The molecule has 1 rings (SSSR count). The maximum absolute atomic E-state index is 13.5. The molecule has 5 heteroatoms. The van der Waals surface area contributed by atoms with E-state index in [1.807, 2.05) is 6.07 Å². The molecule has 0 aliphatic rings. The monoisotopic (exact) mass is 238 g/mol. The summed E-state index contributed by atoms with van der Waals surface area (Å²) in [5.74, 6) is -0.526. The normalized spacial score (nSPS) is 11.0. The molecule has 1 aromatic rings. The quantitative estimate of drug-likeness (QED) is 0.718. The second-order valence-electron chi connectivity index (χ2n) is 4.29. The largest absolute Gasteiger partial charge is 0.396 e. The summed E-state index contributed by atoms with van der Waals surface area (Å²) in [6.07, 6.45) is 0. The van der Waals surface area contributed by atoms with Crippen LogP contribution in [0.4, 0.5) is 10.1 Å². The molecule has 0 heterocycles. The summed E-state index contributed by atoms with van der Waals surface area (Å²) in [4.78, 5) is 0. The minimum Gasteiger partial charge on any atom is -0.396 e. The lowest BCUT2D eigenvalue weighted by Crippen LogP contribution is -2.34. The Hall–Kier alpha value is -1.64. The third-order valence-corrected chi connectivity index (χ3v) is 2.57. The summed E-state index contributed by atoms with van der Waals surface area (Å²) in [6, 6.07) is 5.94. The number of hydrogen-bond donors (Lipinski definition) is 3. The molecule has 0 aromatic heterocycles. The number of aliphatic hydroxyl groups is 2. The number of benzene rings is 1. The van der Waals surface area contributed by atoms with Gasteiger partial charge in [0.05, 0.1) is 30.5 Å². The molecule has 0 fully saturated rings. The Balaban J connectivity index is 2.74. The Morgan fingerprint density at radius 1 is 1.41 bits per heavy atom. The predicted octanol–water partition coefficient (Wildman–Crippen LogP) is 1.10. The van der Waals surface area contributed by atoms with Crippen molar-refractivity contribution in [3.8, 4) is 6.07 Å². The van der Waals surface area contributed by atoms with Crippen molar-refractivity contribution in [1.82, 2.24) is 0 Å². The number of rotatable bonds is 5. The summed E-state index contributed by atoms with van der Waals surface area (Å²) in [5, 5.41) is 29.5. The molecule has 0 saturated carbocycles. The van der Waals surface area contributed by atoms with Crippen LogP contribution in [0.1, 0.15) is 12.5 Å². The lowest BCUT2D eigenvalue weighted by molar-refractivity contribution is 0.0806. The van der Waals surface area contributed by atoms with Crippen molar-refractivity contribution in [2.24, 2.45) is 5.41 Å². The number of hydrogen-bond acceptors (Lipinski definition) is 4. The van der Waals surface area contributed by atoms with Crippen molar-refractivity contribution in [3.63, 3.8) is 0 Å². The van der Waals surface area contributed by atoms with E-state index >= 15 is 0 Å². The van der Waals surface area contributed by atoms with E-state index in [-0.39, 0.29) is 31.0 Å². The Labute approximate surface area is 99.3 Å². The van der Waals surface area contributed by atoms with Gasteiger partial charge in [-0.1, -0.05) is 6.92 Å². The molecule has 0 atom stereocenters. The van der Waals surface area contributed by atoms with Gasteiger partial charge in [-0.3, -0.25) is 0 Å². The van der Waals surface area contributed by atoms with Crippen LogP contribution in [0, 0.1) is 22.6 Å². The topological polar surface area (TPSA) is 76.3 Å². The highest BCUT2D eigenvalue weighted by Gasteiger charge is 2.22. The molecule has 0 saturated heterocycles. The SMILES string of the molecule is CC(CO)(CO)CNc1ccc(C#N)cc1F. The zero-order valence-corrected chi connectivity index (χ0v) is 9.57. The molecule has 0 unspecified atom stereocenters. The van der Waals surface area contributed by atoms with E-state index in [0.717, 1.165) is 6.07 Å². The molecule has 0 radical (unpaired) electrons. The van der Waals surface area contributed by atoms with E-state index in [2.05, 4.69) is 5.32 Å². The number of nitriles is 1. The van der Waals surface area contributed by atoms with E-state index in [1.165, 1.54) is 12.1 Å². The number of anilines is 1. The second kappa shape index (κ2) is 5.62. The summed E-state index contributed by atoms with van der Waals surface area (Å²) in [5.41, 5.74) is -0.211. The molecule has 0 aliphatic heterocycles. The fourth-order valence-corrected chi connectivity index (χ4v) is 1.20. The van der Waals surface area contributed by atoms with Gasteiger partial charge in [-0.05, 0) is 18.2 Å². The van der Waals surface area contributed by atoms with Gasteiger partial charge in [-0.15, -0.1) is 0 Å². The summed E-state index contributed by atoms with van der Waals surface area (Å²) in [6.45, 7) is 1.52. The zero-order valence-electron chi connectivity index (χ0n) is 9.57. The van der Waals surface area contributed by atoms with Gasteiger partial charge >= 0.3 is 0 Å². The molecule has 17 heavy (non-hydrogen) atoms.